The van der Waals surface area contributed by atoms with Gasteiger partial charge in [-0.1, -0.05) is 17.3 Å². The van der Waals surface area contributed by atoms with Gasteiger partial charge in [0.2, 0.25) is 0 Å². The second kappa shape index (κ2) is 4.78. The van der Waals surface area contributed by atoms with Gasteiger partial charge in [-0.2, -0.15) is 0 Å². The molecule has 5 nitrogen and oxygen atoms in total. The number of hydrogen-bond acceptors (Lipinski definition) is 4. The Morgan fingerprint density at radius 1 is 1.16 bits per heavy atom. The van der Waals surface area contributed by atoms with Gasteiger partial charge in [0.1, 0.15) is 5.52 Å². The number of aromatic nitrogens is 4. The van der Waals surface area contributed by atoms with Crippen molar-refractivity contribution in [3.05, 3.63) is 48.3 Å². The number of nitrogens with one attached hydrogen (secondary N) is 1. The first-order chi connectivity index (χ1) is 9.29. The fourth-order valence-electron chi connectivity index (χ4n) is 1.99. The number of benzene rings is 1. The molecule has 5 heteroatoms. The van der Waals surface area contributed by atoms with E-state index < -0.39 is 0 Å². The maximum absolute atomic E-state index is 4.46. The van der Waals surface area contributed by atoms with Crippen LogP contribution in [0.2, 0.25) is 0 Å². The Morgan fingerprint density at radius 3 is 2.74 bits per heavy atom. The standard InChI is InChI=1S/C14H15N5/c1-10(15-2)12-8-7-11(9-16-12)19-14-6-4-3-5-13(14)17-18-19/h3-10,15H,1-2H3. The minimum absolute atomic E-state index is 0.238. The van der Waals surface area contributed by atoms with Gasteiger partial charge in [0.25, 0.3) is 0 Å². The average Bonchev–Trinajstić information content (AvgIpc) is 2.90. The van der Waals surface area contributed by atoms with Crippen molar-refractivity contribution >= 4 is 11.0 Å². The highest BCUT2D eigenvalue weighted by molar-refractivity contribution is 5.75. The zero-order chi connectivity index (χ0) is 13.2. The predicted octanol–water partition coefficient (Wildman–Crippen LogP) is 2.10. The molecule has 0 bridgehead atoms. The first kappa shape index (κ1) is 11.8. The van der Waals surface area contributed by atoms with Crippen LogP contribution in [0.5, 0.6) is 0 Å². The van der Waals surface area contributed by atoms with Crippen LogP contribution in [0, 0.1) is 0 Å². The number of para-hydroxylation sites is 1. The minimum atomic E-state index is 0.238. The highest BCUT2D eigenvalue weighted by Crippen LogP contribution is 2.16. The van der Waals surface area contributed by atoms with E-state index in [0.29, 0.717) is 0 Å². The summed E-state index contributed by atoms with van der Waals surface area (Å²) in [6.07, 6.45) is 1.82. The summed E-state index contributed by atoms with van der Waals surface area (Å²) < 4.78 is 1.80. The van der Waals surface area contributed by atoms with Crippen LogP contribution < -0.4 is 5.32 Å². The lowest BCUT2D eigenvalue weighted by Gasteiger charge is -2.09. The molecule has 96 valence electrons. The molecule has 19 heavy (non-hydrogen) atoms. The monoisotopic (exact) mass is 253 g/mol. The van der Waals surface area contributed by atoms with Crippen molar-refractivity contribution in [2.45, 2.75) is 13.0 Å². The van der Waals surface area contributed by atoms with Crippen LogP contribution in [0.1, 0.15) is 18.7 Å². The molecular formula is C14H15N5. The van der Waals surface area contributed by atoms with Gasteiger partial charge < -0.3 is 5.32 Å². The van der Waals surface area contributed by atoms with Crippen molar-refractivity contribution in [2.24, 2.45) is 0 Å². The first-order valence-electron chi connectivity index (χ1n) is 6.23. The van der Waals surface area contributed by atoms with Crippen molar-refractivity contribution in [1.29, 1.82) is 0 Å². The molecule has 1 aromatic carbocycles. The first-order valence-corrected chi connectivity index (χ1v) is 6.23. The molecule has 1 N–H and O–H groups in total. The SMILES string of the molecule is CNC(C)c1ccc(-n2nnc3ccccc32)cn1. The van der Waals surface area contributed by atoms with Crippen molar-refractivity contribution in [1.82, 2.24) is 25.3 Å². The van der Waals surface area contributed by atoms with E-state index in [-0.39, 0.29) is 6.04 Å². The molecule has 0 aliphatic heterocycles. The predicted molar refractivity (Wildman–Crippen MR) is 74.1 cm³/mol. The van der Waals surface area contributed by atoms with Gasteiger partial charge in [-0.05, 0) is 38.2 Å². The van der Waals surface area contributed by atoms with E-state index in [2.05, 4.69) is 27.5 Å². The summed E-state index contributed by atoms with van der Waals surface area (Å²) in [7, 11) is 1.92. The van der Waals surface area contributed by atoms with Gasteiger partial charge in [0, 0.05) is 6.04 Å². The zero-order valence-electron chi connectivity index (χ0n) is 10.9. The van der Waals surface area contributed by atoms with Gasteiger partial charge in [-0.25, -0.2) is 4.68 Å². The average molecular weight is 253 g/mol. The van der Waals surface area contributed by atoms with E-state index in [0.717, 1.165) is 22.4 Å². The van der Waals surface area contributed by atoms with Crippen LogP contribution in [-0.2, 0) is 0 Å². The fraction of sp³-hybridized carbons (Fsp3) is 0.214. The molecule has 0 spiro atoms. The minimum Gasteiger partial charge on any atom is -0.312 e. The van der Waals surface area contributed by atoms with Crippen molar-refractivity contribution < 1.29 is 0 Å². The number of nitrogens with zero attached hydrogens (tertiary/aromatic N) is 4. The summed E-state index contributed by atoms with van der Waals surface area (Å²) in [5.74, 6) is 0. The van der Waals surface area contributed by atoms with Crippen LogP contribution in [0.15, 0.2) is 42.6 Å². The van der Waals surface area contributed by atoms with E-state index in [1.165, 1.54) is 0 Å². The second-order valence-electron chi connectivity index (χ2n) is 4.44. The van der Waals surface area contributed by atoms with Gasteiger partial charge in [0.15, 0.2) is 0 Å². The van der Waals surface area contributed by atoms with Crippen LogP contribution in [0.25, 0.3) is 16.7 Å². The Hall–Kier alpha value is -2.27. The third-order valence-corrected chi connectivity index (χ3v) is 3.24. The number of rotatable bonds is 3. The Bertz CT molecular complexity index is 686. The van der Waals surface area contributed by atoms with E-state index in [1.807, 2.05) is 49.6 Å². The smallest absolute Gasteiger partial charge is 0.113 e. The van der Waals surface area contributed by atoms with Gasteiger partial charge in [-0.15, -0.1) is 5.10 Å². The quantitative estimate of drug-likeness (QED) is 0.776. The van der Waals surface area contributed by atoms with Crippen molar-refractivity contribution in [3.8, 4) is 5.69 Å². The Labute approximate surface area is 111 Å². The molecule has 3 rings (SSSR count). The molecular weight excluding hydrogens is 238 g/mol. The summed E-state index contributed by atoms with van der Waals surface area (Å²) in [5, 5.41) is 11.5. The summed E-state index contributed by atoms with van der Waals surface area (Å²) >= 11 is 0. The summed E-state index contributed by atoms with van der Waals surface area (Å²) in [6, 6.07) is 12.1. The van der Waals surface area contributed by atoms with Crippen LogP contribution in [0.4, 0.5) is 0 Å². The number of hydrogen-bond donors (Lipinski definition) is 1. The van der Waals surface area contributed by atoms with Crippen molar-refractivity contribution in [3.63, 3.8) is 0 Å². The lowest BCUT2D eigenvalue weighted by molar-refractivity contribution is 0.632. The Kier molecular flexibility index (Phi) is 2.97. The van der Waals surface area contributed by atoms with Crippen LogP contribution >= 0.6 is 0 Å². The fourth-order valence-corrected chi connectivity index (χ4v) is 1.99. The molecule has 0 aliphatic carbocycles. The Balaban J connectivity index is 2.02. The lowest BCUT2D eigenvalue weighted by atomic mass is 10.2. The third kappa shape index (κ3) is 2.08. The topological polar surface area (TPSA) is 55.6 Å². The molecule has 0 saturated heterocycles. The molecule has 0 aliphatic rings. The molecule has 3 aromatic rings. The largest absolute Gasteiger partial charge is 0.312 e. The molecule has 2 heterocycles. The van der Waals surface area contributed by atoms with E-state index in [4.69, 9.17) is 0 Å². The highest BCUT2D eigenvalue weighted by Gasteiger charge is 2.08. The molecule has 2 aromatic heterocycles. The lowest BCUT2D eigenvalue weighted by Crippen LogP contribution is -2.13. The highest BCUT2D eigenvalue weighted by atomic mass is 15.4. The maximum atomic E-state index is 4.46. The zero-order valence-corrected chi connectivity index (χ0v) is 10.9. The maximum Gasteiger partial charge on any atom is 0.113 e. The van der Waals surface area contributed by atoms with Gasteiger partial charge in [-0.3, -0.25) is 4.98 Å². The van der Waals surface area contributed by atoms with Gasteiger partial charge in [0.05, 0.1) is 23.1 Å². The molecule has 0 saturated carbocycles. The third-order valence-electron chi connectivity index (χ3n) is 3.24. The normalized spacial score (nSPS) is 12.7. The van der Waals surface area contributed by atoms with Crippen molar-refractivity contribution in [2.75, 3.05) is 7.05 Å². The summed E-state index contributed by atoms with van der Waals surface area (Å²) in [4.78, 5) is 4.46. The summed E-state index contributed by atoms with van der Waals surface area (Å²) in [6.45, 7) is 2.08. The van der Waals surface area contributed by atoms with E-state index in [9.17, 15) is 0 Å². The molecule has 1 atom stereocenters. The van der Waals surface area contributed by atoms with E-state index >= 15 is 0 Å². The van der Waals surface area contributed by atoms with E-state index in [1.54, 1.807) is 4.68 Å². The molecule has 1 unspecified atom stereocenters. The summed E-state index contributed by atoms with van der Waals surface area (Å²) in [5.41, 5.74) is 3.80. The second-order valence-corrected chi connectivity index (χ2v) is 4.44. The van der Waals surface area contributed by atoms with Crippen LogP contribution in [-0.4, -0.2) is 27.0 Å². The number of fused-ring (bicyclic) bond motifs is 1. The Morgan fingerprint density at radius 2 is 2.00 bits per heavy atom. The van der Waals surface area contributed by atoms with Crippen LogP contribution in [0.3, 0.4) is 0 Å². The molecule has 0 amide bonds. The molecule has 0 fully saturated rings. The molecule has 0 radical (unpaired) electrons. The number of pyridine rings is 1. The van der Waals surface area contributed by atoms with Gasteiger partial charge >= 0.3 is 0 Å².